The van der Waals surface area contributed by atoms with Crippen molar-refractivity contribution in [2.24, 2.45) is 5.92 Å². The number of hydrogen-bond donors (Lipinski definition) is 2. The van der Waals surface area contributed by atoms with E-state index in [0.29, 0.717) is 22.8 Å². The standard InChI is InChI=1S/C18H18N4O4/c1-11(2)16(23)20-13-6-3-5-12(9-13)17(24)19-10-15-21-18(26-22-15)14-7-4-8-25-14/h3-9,11H,10H2,1-2H3,(H,19,24)(H,20,23). The van der Waals surface area contributed by atoms with Crippen LogP contribution in [-0.2, 0) is 11.3 Å². The Labute approximate surface area is 149 Å². The van der Waals surface area contributed by atoms with Gasteiger partial charge in [-0.25, -0.2) is 0 Å². The van der Waals surface area contributed by atoms with Crippen molar-refractivity contribution in [2.75, 3.05) is 5.32 Å². The van der Waals surface area contributed by atoms with Crippen LogP contribution in [0.1, 0.15) is 30.0 Å². The quantitative estimate of drug-likeness (QED) is 0.704. The molecule has 0 aliphatic rings. The maximum absolute atomic E-state index is 12.3. The molecular weight excluding hydrogens is 336 g/mol. The number of anilines is 1. The van der Waals surface area contributed by atoms with E-state index in [1.165, 1.54) is 6.26 Å². The Morgan fingerprint density at radius 1 is 1.19 bits per heavy atom. The molecule has 134 valence electrons. The first-order valence-corrected chi connectivity index (χ1v) is 8.08. The van der Waals surface area contributed by atoms with Crippen LogP contribution >= 0.6 is 0 Å². The van der Waals surface area contributed by atoms with Gasteiger partial charge in [-0.3, -0.25) is 9.59 Å². The third-order valence-electron chi connectivity index (χ3n) is 3.52. The molecule has 0 radical (unpaired) electrons. The van der Waals surface area contributed by atoms with Crippen LogP contribution in [0.15, 0.2) is 51.6 Å². The molecule has 0 spiro atoms. The summed E-state index contributed by atoms with van der Waals surface area (Å²) in [5.41, 5.74) is 0.984. The summed E-state index contributed by atoms with van der Waals surface area (Å²) in [6, 6.07) is 10.1. The molecule has 2 heterocycles. The van der Waals surface area contributed by atoms with Gasteiger partial charge < -0.3 is 19.6 Å². The molecule has 1 aromatic carbocycles. The van der Waals surface area contributed by atoms with Crippen molar-refractivity contribution in [2.45, 2.75) is 20.4 Å². The molecule has 0 saturated carbocycles. The SMILES string of the molecule is CC(C)C(=O)Nc1cccc(C(=O)NCc2noc(-c3ccco3)n2)c1. The highest BCUT2D eigenvalue weighted by atomic mass is 16.5. The number of hydrogen-bond acceptors (Lipinski definition) is 6. The molecule has 0 bridgehead atoms. The maximum Gasteiger partial charge on any atom is 0.293 e. The van der Waals surface area contributed by atoms with Crippen molar-refractivity contribution in [3.8, 4) is 11.7 Å². The molecule has 0 atom stereocenters. The molecule has 0 saturated heterocycles. The van der Waals surface area contributed by atoms with Gasteiger partial charge in [-0.15, -0.1) is 0 Å². The minimum absolute atomic E-state index is 0.103. The first-order chi connectivity index (χ1) is 12.5. The van der Waals surface area contributed by atoms with Crippen molar-refractivity contribution in [1.29, 1.82) is 0 Å². The summed E-state index contributed by atoms with van der Waals surface area (Å²) >= 11 is 0. The summed E-state index contributed by atoms with van der Waals surface area (Å²) in [6.45, 7) is 3.70. The Bertz CT molecular complexity index is 900. The van der Waals surface area contributed by atoms with E-state index in [1.54, 1.807) is 50.2 Å². The second-order valence-electron chi connectivity index (χ2n) is 5.90. The van der Waals surface area contributed by atoms with Crippen molar-refractivity contribution < 1.29 is 18.5 Å². The summed E-state index contributed by atoms with van der Waals surface area (Å²) in [6.07, 6.45) is 1.51. The lowest BCUT2D eigenvalue weighted by Crippen LogP contribution is -2.24. The molecule has 3 aromatic rings. The number of carbonyl (C=O) groups excluding carboxylic acids is 2. The maximum atomic E-state index is 12.3. The third kappa shape index (κ3) is 4.15. The van der Waals surface area contributed by atoms with E-state index >= 15 is 0 Å². The number of nitrogens with zero attached hydrogens (tertiary/aromatic N) is 2. The zero-order valence-electron chi connectivity index (χ0n) is 14.4. The largest absolute Gasteiger partial charge is 0.459 e. The molecular formula is C18H18N4O4. The molecule has 0 aliphatic heterocycles. The Kier molecular flexibility index (Phi) is 5.12. The minimum atomic E-state index is -0.310. The van der Waals surface area contributed by atoms with E-state index in [1.807, 2.05) is 0 Å². The van der Waals surface area contributed by atoms with Crippen molar-refractivity contribution >= 4 is 17.5 Å². The highest BCUT2D eigenvalue weighted by Gasteiger charge is 2.13. The molecule has 0 fully saturated rings. The summed E-state index contributed by atoms with van der Waals surface area (Å²) < 4.78 is 10.2. The Morgan fingerprint density at radius 2 is 2.04 bits per heavy atom. The van der Waals surface area contributed by atoms with Gasteiger partial charge in [0.1, 0.15) is 0 Å². The second kappa shape index (κ2) is 7.64. The summed E-state index contributed by atoms with van der Waals surface area (Å²) in [4.78, 5) is 28.2. The average Bonchev–Trinajstić information content (AvgIpc) is 3.31. The monoisotopic (exact) mass is 354 g/mol. The van der Waals surface area contributed by atoms with E-state index in [4.69, 9.17) is 8.94 Å². The third-order valence-corrected chi connectivity index (χ3v) is 3.52. The lowest BCUT2D eigenvalue weighted by molar-refractivity contribution is -0.118. The van der Waals surface area contributed by atoms with Gasteiger partial charge in [0.15, 0.2) is 11.6 Å². The Balaban J connectivity index is 1.61. The fourth-order valence-electron chi connectivity index (χ4n) is 2.11. The number of aromatic nitrogens is 2. The van der Waals surface area contributed by atoms with E-state index < -0.39 is 0 Å². The van der Waals surface area contributed by atoms with Gasteiger partial charge in [0.05, 0.1) is 12.8 Å². The van der Waals surface area contributed by atoms with Crippen LogP contribution in [-0.4, -0.2) is 22.0 Å². The number of nitrogens with one attached hydrogen (secondary N) is 2. The van der Waals surface area contributed by atoms with Crippen LogP contribution in [0.3, 0.4) is 0 Å². The molecule has 26 heavy (non-hydrogen) atoms. The molecule has 2 N–H and O–H groups in total. The van der Waals surface area contributed by atoms with Gasteiger partial charge in [-0.2, -0.15) is 4.98 Å². The normalized spacial score (nSPS) is 10.7. The highest BCUT2D eigenvalue weighted by Crippen LogP contribution is 2.17. The average molecular weight is 354 g/mol. The number of rotatable bonds is 6. The fraction of sp³-hybridized carbons (Fsp3) is 0.222. The summed E-state index contributed by atoms with van der Waals surface area (Å²) in [7, 11) is 0. The van der Waals surface area contributed by atoms with Crippen LogP contribution in [0.2, 0.25) is 0 Å². The Hall–Kier alpha value is -3.42. The number of furan rings is 1. The van der Waals surface area contributed by atoms with Crippen LogP contribution < -0.4 is 10.6 Å². The molecule has 2 amide bonds. The number of amides is 2. The fourth-order valence-corrected chi connectivity index (χ4v) is 2.11. The van der Waals surface area contributed by atoms with Crippen molar-refractivity contribution in [1.82, 2.24) is 15.5 Å². The number of carbonyl (C=O) groups is 2. The first kappa shape index (κ1) is 17.4. The van der Waals surface area contributed by atoms with Crippen molar-refractivity contribution in [3.05, 3.63) is 54.0 Å². The van der Waals surface area contributed by atoms with Crippen LogP contribution in [0, 0.1) is 5.92 Å². The van der Waals surface area contributed by atoms with Gasteiger partial charge in [-0.05, 0) is 30.3 Å². The van der Waals surface area contributed by atoms with E-state index in [0.717, 1.165) is 0 Å². The number of benzene rings is 1. The van der Waals surface area contributed by atoms with E-state index in [-0.39, 0.29) is 30.2 Å². The topological polar surface area (TPSA) is 110 Å². The predicted octanol–water partition coefficient (Wildman–Crippen LogP) is 2.85. The van der Waals surface area contributed by atoms with Crippen LogP contribution in [0.25, 0.3) is 11.7 Å². The minimum Gasteiger partial charge on any atom is -0.459 e. The summed E-state index contributed by atoms with van der Waals surface area (Å²) in [5, 5.41) is 9.27. The molecule has 2 aromatic heterocycles. The zero-order valence-corrected chi connectivity index (χ0v) is 14.4. The highest BCUT2D eigenvalue weighted by molar-refractivity contribution is 5.97. The smallest absolute Gasteiger partial charge is 0.293 e. The molecule has 0 aliphatic carbocycles. The van der Waals surface area contributed by atoms with Gasteiger partial charge in [-0.1, -0.05) is 25.1 Å². The Morgan fingerprint density at radius 3 is 2.77 bits per heavy atom. The van der Waals surface area contributed by atoms with E-state index in [2.05, 4.69) is 20.8 Å². The molecule has 0 unspecified atom stereocenters. The van der Waals surface area contributed by atoms with Gasteiger partial charge in [0.2, 0.25) is 5.91 Å². The van der Waals surface area contributed by atoms with Gasteiger partial charge in [0.25, 0.3) is 11.8 Å². The summed E-state index contributed by atoms with van der Waals surface area (Å²) in [5.74, 6) is 0.471. The lowest BCUT2D eigenvalue weighted by Gasteiger charge is -2.09. The first-order valence-electron chi connectivity index (χ1n) is 8.08. The lowest BCUT2D eigenvalue weighted by atomic mass is 10.1. The van der Waals surface area contributed by atoms with Gasteiger partial charge >= 0.3 is 0 Å². The molecule has 8 heteroatoms. The van der Waals surface area contributed by atoms with Crippen molar-refractivity contribution in [3.63, 3.8) is 0 Å². The van der Waals surface area contributed by atoms with Gasteiger partial charge in [0, 0.05) is 17.2 Å². The predicted molar refractivity (Wildman–Crippen MR) is 93.1 cm³/mol. The van der Waals surface area contributed by atoms with Crippen LogP contribution in [0.4, 0.5) is 5.69 Å². The molecule has 3 rings (SSSR count). The second-order valence-corrected chi connectivity index (χ2v) is 5.90. The molecule has 8 nitrogen and oxygen atoms in total. The zero-order chi connectivity index (χ0) is 18.5. The van der Waals surface area contributed by atoms with E-state index in [9.17, 15) is 9.59 Å². The van der Waals surface area contributed by atoms with Crippen LogP contribution in [0.5, 0.6) is 0 Å².